The average Bonchev–Trinajstić information content (AvgIpc) is 2.87. The summed E-state index contributed by atoms with van der Waals surface area (Å²) in [6.07, 6.45) is 0. The van der Waals surface area contributed by atoms with Crippen molar-refractivity contribution in [3.05, 3.63) is 45.2 Å². The lowest BCUT2D eigenvalue weighted by molar-refractivity contribution is 0.0963. The molecule has 0 saturated carbocycles. The maximum atomic E-state index is 12.4. The van der Waals surface area contributed by atoms with Crippen LogP contribution in [0.1, 0.15) is 15.9 Å². The fraction of sp³-hybridized carbons (Fsp3) is 0.154. The molecular weight excluding hydrogens is 376 g/mol. The fourth-order valence-corrected chi connectivity index (χ4v) is 5.14. The average molecular weight is 389 g/mol. The monoisotopic (exact) mass is 388 g/mol. The number of aryl methyl sites for hydroxylation is 1. The normalized spacial score (nSPS) is 11.2. The second kappa shape index (κ2) is 6.17. The lowest BCUT2D eigenvalue weighted by Gasteiger charge is -2.11. The minimum atomic E-state index is -3.68. The number of carbonyl (C=O) groups excluding carboxylic acids is 1. The summed E-state index contributed by atoms with van der Waals surface area (Å²) in [4.78, 5) is 11.6. The summed E-state index contributed by atoms with van der Waals surface area (Å²) in [6.45, 7) is 1.77. The SMILES string of the molecule is CNC(=O)c1ccc(C)c(NS(=O)(=O)c2sccc2Br)c1. The number of amides is 1. The van der Waals surface area contributed by atoms with E-state index >= 15 is 0 Å². The molecule has 0 aliphatic heterocycles. The predicted molar refractivity (Wildman–Crippen MR) is 87.4 cm³/mol. The van der Waals surface area contributed by atoms with Gasteiger partial charge in [-0.15, -0.1) is 11.3 Å². The van der Waals surface area contributed by atoms with Gasteiger partial charge in [0.1, 0.15) is 0 Å². The van der Waals surface area contributed by atoms with Crippen molar-refractivity contribution in [1.29, 1.82) is 0 Å². The zero-order valence-electron chi connectivity index (χ0n) is 11.3. The number of thiophene rings is 1. The van der Waals surface area contributed by atoms with Crippen LogP contribution < -0.4 is 10.0 Å². The van der Waals surface area contributed by atoms with Gasteiger partial charge in [-0.2, -0.15) is 0 Å². The Morgan fingerprint density at radius 2 is 2.00 bits per heavy atom. The van der Waals surface area contributed by atoms with Crippen LogP contribution in [0.3, 0.4) is 0 Å². The van der Waals surface area contributed by atoms with Gasteiger partial charge in [-0.05, 0) is 52.0 Å². The summed E-state index contributed by atoms with van der Waals surface area (Å²) >= 11 is 4.33. The Labute approximate surface area is 135 Å². The lowest BCUT2D eigenvalue weighted by Crippen LogP contribution is -2.19. The van der Waals surface area contributed by atoms with E-state index in [1.807, 2.05) is 0 Å². The van der Waals surface area contributed by atoms with E-state index in [2.05, 4.69) is 26.0 Å². The third kappa shape index (κ3) is 3.45. The summed E-state index contributed by atoms with van der Waals surface area (Å²) in [5.74, 6) is -0.271. The van der Waals surface area contributed by atoms with E-state index < -0.39 is 10.0 Å². The highest BCUT2D eigenvalue weighted by atomic mass is 79.9. The van der Waals surface area contributed by atoms with Gasteiger partial charge in [0.15, 0.2) is 4.21 Å². The van der Waals surface area contributed by atoms with Crippen LogP contribution in [0.25, 0.3) is 0 Å². The molecule has 1 amide bonds. The van der Waals surface area contributed by atoms with Crippen molar-refractivity contribution in [2.24, 2.45) is 0 Å². The molecule has 2 rings (SSSR count). The van der Waals surface area contributed by atoms with Crippen LogP contribution in [-0.4, -0.2) is 21.4 Å². The van der Waals surface area contributed by atoms with E-state index in [0.717, 1.165) is 16.9 Å². The van der Waals surface area contributed by atoms with Gasteiger partial charge in [0.25, 0.3) is 15.9 Å². The quantitative estimate of drug-likeness (QED) is 0.844. The van der Waals surface area contributed by atoms with Gasteiger partial charge < -0.3 is 5.32 Å². The second-order valence-corrected chi connectivity index (χ2v) is 7.92. The third-order valence-corrected chi connectivity index (χ3v) is 6.84. The summed E-state index contributed by atoms with van der Waals surface area (Å²) in [5.41, 5.74) is 1.52. The molecule has 0 radical (unpaired) electrons. The van der Waals surface area contributed by atoms with Crippen LogP contribution in [0, 0.1) is 6.92 Å². The van der Waals surface area contributed by atoms with E-state index in [0.29, 0.717) is 15.7 Å². The number of hydrogen-bond acceptors (Lipinski definition) is 4. The molecule has 5 nitrogen and oxygen atoms in total. The second-order valence-electron chi connectivity index (χ2n) is 4.27. The fourth-order valence-electron chi connectivity index (χ4n) is 1.68. The summed E-state index contributed by atoms with van der Waals surface area (Å²) in [6, 6.07) is 6.54. The molecule has 1 aromatic carbocycles. The number of rotatable bonds is 4. The highest BCUT2D eigenvalue weighted by Gasteiger charge is 2.20. The first kappa shape index (κ1) is 16.0. The Balaban J connectivity index is 2.40. The van der Waals surface area contributed by atoms with E-state index in [1.54, 1.807) is 30.5 Å². The molecule has 0 aliphatic rings. The molecule has 0 bridgehead atoms. The van der Waals surface area contributed by atoms with E-state index in [-0.39, 0.29) is 10.1 Å². The van der Waals surface area contributed by atoms with Crippen LogP contribution in [-0.2, 0) is 10.0 Å². The van der Waals surface area contributed by atoms with Crippen molar-refractivity contribution in [3.63, 3.8) is 0 Å². The standard InChI is InChI=1S/C13H13BrN2O3S2/c1-8-3-4-9(12(17)15-2)7-11(8)16-21(18,19)13-10(14)5-6-20-13/h3-7,16H,1-2H3,(H,15,17). The lowest BCUT2D eigenvalue weighted by atomic mass is 10.1. The van der Waals surface area contributed by atoms with Gasteiger partial charge in [0.05, 0.1) is 5.69 Å². The Kier molecular flexibility index (Phi) is 4.70. The topological polar surface area (TPSA) is 75.3 Å². The molecule has 1 aromatic heterocycles. The maximum absolute atomic E-state index is 12.4. The molecule has 0 saturated heterocycles. The third-order valence-electron chi connectivity index (χ3n) is 2.80. The molecule has 0 fully saturated rings. The maximum Gasteiger partial charge on any atom is 0.272 e. The Hall–Kier alpha value is -1.38. The molecule has 0 unspecified atom stereocenters. The number of carbonyl (C=O) groups is 1. The Bertz CT molecular complexity index is 784. The molecule has 1 heterocycles. The zero-order chi connectivity index (χ0) is 15.6. The van der Waals surface area contributed by atoms with Gasteiger partial charge in [-0.25, -0.2) is 8.42 Å². The minimum Gasteiger partial charge on any atom is -0.355 e. The smallest absolute Gasteiger partial charge is 0.272 e. The van der Waals surface area contributed by atoms with Gasteiger partial charge in [-0.3, -0.25) is 9.52 Å². The van der Waals surface area contributed by atoms with Crippen molar-refractivity contribution < 1.29 is 13.2 Å². The van der Waals surface area contributed by atoms with Crippen LogP contribution in [0.4, 0.5) is 5.69 Å². The first-order chi connectivity index (χ1) is 9.85. The Morgan fingerprint density at radius 3 is 2.57 bits per heavy atom. The highest BCUT2D eigenvalue weighted by molar-refractivity contribution is 9.10. The first-order valence-electron chi connectivity index (χ1n) is 5.93. The number of sulfonamides is 1. The van der Waals surface area contributed by atoms with Crippen LogP contribution in [0.15, 0.2) is 38.3 Å². The van der Waals surface area contributed by atoms with E-state index in [1.165, 1.54) is 13.1 Å². The predicted octanol–water partition coefficient (Wildman–Crippen LogP) is 2.98. The van der Waals surface area contributed by atoms with Crippen LogP contribution in [0.5, 0.6) is 0 Å². The first-order valence-corrected chi connectivity index (χ1v) is 9.09. The highest BCUT2D eigenvalue weighted by Crippen LogP contribution is 2.30. The molecule has 2 N–H and O–H groups in total. The van der Waals surface area contributed by atoms with E-state index in [9.17, 15) is 13.2 Å². The summed E-state index contributed by atoms with van der Waals surface area (Å²) in [7, 11) is -2.16. The minimum absolute atomic E-state index is 0.201. The van der Waals surface area contributed by atoms with Crippen molar-refractivity contribution in [3.8, 4) is 0 Å². The van der Waals surface area contributed by atoms with Crippen LogP contribution in [0.2, 0.25) is 0 Å². The molecule has 21 heavy (non-hydrogen) atoms. The zero-order valence-corrected chi connectivity index (χ0v) is 14.5. The molecule has 0 spiro atoms. The Morgan fingerprint density at radius 1 is 1.29 bits per heavy atom. The van der Waals surface area contributed by atoms with Gasteiger partial charge >= 0.3 is 0 Å². The number of halogens is 1. The van der Waals surface area contributed by atoms with Crippen molar-refractivity contribution >= 4 is 48.9 Å². The van der Waals surface area contributed by atoms with Gasteiger partial charge in [-0.1, -0.05) is 6.07 Å². The molecular formula is C13H13BrN2O3S2. The largest absolute Gasteiger partial charge is 0.355 e. The van der Waals surface area contributed by atoms with Crippen molar-refractivity contribution in [2.45, 2.75) is 11.1 Å². The van der Waals surface area contributed by atoms with Crippen molar-refractivity contribution in [1.82, 2.24) is 5.32 Å². The summed E-state index contributed by atoms with van der Waals surface area (Å²) in [5, 5.41) is 4.19. The van der Waals surface area contributed by atoms with E-state index in [4.69, 9.17) is 0 Å². The number of anilines is 1. The van der Waals surface area contributed by atoms with Crippen molar-refractivity contribution in [2.75, 3.05) is 11.8 Å². The van der Waals surface area contributed by atoms with Crippen LogP contribution >= 0.6 is 27.3 Å². The molecule has 0 aliphatic carbocycles. The van der Waals surface area contributed by atoms with Gasteiger partial charge in [0.2, 0.25) is 0 Å². The summed E-state index contributed by atoms with van der Waals surface area (Å²) < 4.78 is 27.9. The molecule has 112 valence electrons. The number of nitrogens with one attached hydrogen (secondary N) is 2. The molecule has 2 aromatic rings. The molecule has 0 atom stereocenters. The van der Waals surface area contributed by atoms with Gasteiger partial charge in [0, 0.05) is 17.1 Å². The number of benzene rings is 1. The molecule has 8 heteroatoms. The number of hydrogen-bond donors (Lipinski definition) is 2.